The van der Waals surface area contributed by atoms with Gasteiger partial charge >= 0.3 is 6.09 Å². The maximum Gasteiger partial charge on any atom is 0.415 e. The van der Waals surface area contributed by atoms with Crippen LogP contribution in [0, 0.1) is 0 Å². The molecule has 0 bridgehead atoms. The fraction of sp³-hybridized carbons (Fsp3) is 0. The van der Waals surface area contributed by atoms with Gasteiger partial charge in [0.15, 0.2) is 0 Å². The Hall–Kier alpha value is -2.43. The van der Waals surface area contributed by atoms with Gasteiger partial charge < -0.3 is 5.11 Å². The van der Waals surface area contributed by atoms with Gasteiger partial charge in [-0.15, -0.1) is 0 Å². The molecule has 3 heterocycles. The average molecular weight is 213 g/mol. The van der Waals surface area contributed by atoms with Gasteiger partial charge in [0, 0.05) is 24.0 Å². The zero-order valence-corrected chi connectivity index (χ0v) is 8.16. The van der Waals surface area contributed by atoms with Gasteiger partial charge in [-0.1, -0.05) is 0 Å². The van der Waals surface area contributed by atoms with Crippen LogP contribution in [0.4, 0.5) is 4.79 Å². The zero-order valence-electron chi connectivity index (χ0n) is 8.16. The van der Waals surface area contributed by atoms with Crippen LogP contribution in [0.5, 0.6) is 0 Å². The maximum absolute atomic E-state index is 10.8. The third-order valence-corrected chi connectivity index (χ3v) is 2.43. The van der Waals surface area contributed by atoms with Gasteiger partial charge in [-0.2, -0.15) is 0 Å². The van der Waals surface area contributed by atoms with E-state index in [2.05, 4.69) is 9.97 Å². The van der Waals surface area contributed by atoms with Crippen LogP contribution in [0.1, 0.15) is 0 Å². The number of carbonyl (C=O) groups is 1. The molecule has 0 unspecified atom stereocenters. The van der Waals surface area contributed by atoms with Crippen LogP contribution in [0.2, 0.25) is 0 Å². The molecule has 0 fully saturated rings. The maximum atomic E-state index is 10.8. The van der Waals surface area contributed by atoms with Crippen molar-refractivity contribution < 1.29 is 9.90 Å². The van der Waals surface area contributed by atoms with Gasteiger partial charge in [0.1, 0.15) is 0 Å². The highest BCUT2D eigenvalue weighted by Crippen LogP contribution is 2.17. The molecule has 0 aliphatic rings. The first-order valence-electron chi connectivity index (χ1n) is 4.71. The Balaban J connectivity index is 2.37. The Morgan fingerprint density at radius 3 is 2.94 bits per heavy atom. The highest BCUT2D eigenvalue weighted by atomic mass is 16.4. The fourth-order valence-electron chi connectivity index (χ4n) is 1.65. The summed E-state index contributed by atoms with van der Waals surface area (Å²) in [7, 11) is 0. The highest BCUT2D eigenvalue weighted by Gasteiger charge is 2.04. The van der Waals surface area contributed by atoms with E-state index in [4.69, 9.17) is 5.11 Å². The smallest absolute Gasteiger partial charge is 0.415 e. The predicted molar refractivity (Wildman–Crippen MR) is 58.5 cm³/mol. The molecule has 5 heteroatoms. The molecule has 0 atom stereocenters. The second-order valence-corrected chi connectivity index (χ2v) is 3.45. The molecule has 3 rings (SSSR count). The van der Waals surface area contributed by atoms with E-state index in [1.165, 1.54) is 12.4 Å². The largest absolute Gasteiger partial charge is 0.464 e. The van der Waals surface area contributed by atoms with Crippen LogP contribution in [0.15, 0.2) is 36.8 Å². The number of hydrogen-bond acceptors (Lipinski definition) is 3. The van der Waals surface area contributed by atoms with Gasteiger partial charge in [0.05, 0.1) is 16.6 Å². The molecule has 0 radical (unpaired) electrons. The summed E-state index contributed by atoms with van der Waals surface area (Å²) in [6.45, 7) is 0. The summed E-state index contributed by atoms with van der Waals surface area (Å²) < 4.78 is 1.08. The Morgan fingerprint density at radius 1 is 1.25 bits per heavy atom. The monoisotopic (exact) mass is 213 g/mol. The Morgan fingerprint density at radius 2 is 2.12 bits per heavy atom. The SMILES string of the molecule is O=C(O)n1ccc2cc3nccc3nc2c1. The van der Waals surface area contributed by atoms with E-state index >= 15 is 0 Å². The molecule has 3 aromatic heterocycles. The molecule has 0 saturated heterocycles. The second kappa shape index (κ2) is 3.03. The molecule has 0 aliphatic carbocycles. The van der Waals surface area contributed by atoms with Crippen LogP contribution in [0.3, 0.4) is 0 Å². The van der Waals surface area contributed by atoms with Crippen molar-refractivity contribution in [2.24, 2.45) is 0 Å². The van der Waals surface area contributed by atoms with E-state index in [1.807, 2.05) is 6.07 Å². The van der Waals surface area contributed by atoms with Crippen LogP contribution in [-0.2, 0) is 0 Å². The normalized spacial score (nSPS) is 11.0. The van der Waals surface area contributed by atoms with Gasteiger partial charge in [0.2, 0.25) is 0 Å². The third-order valence-electron chi connectivity index (χ3n) is 2.43. The minimum Gasteiger partial charge on any atom is -0.464 e. The molecular weight excluding hydrogens is 206 g/mol. The molecule has 0 aliphatic heterocycles. The number of hydrogen-bond donors (Lipinski definition) is 1. The summed E-state index contributed by atoms with van der Waals surface area (Å²) in [5, 5.41) is 9.72. The van der Waals surface area contributed by atoms with Crippen molar-refractivity contribution in [1.82, 2.24) is 14.5 Å². The van der Waals surface area contributed by atoms with Crippen LogP contribution in [0.25, 0.3) is 21.9 Å². The number of aromatic nitrogens is 3. The lowest BCUT2D eigenvalue weighted by molar-refractivity contribution is 0.196. The molecule has 16 heavy (non-hydrogen) atoms. The molecule has 0 amide bonds. The third kappa shape index (κ3) is 1.22. The van der Waals surface area contributed by atoms with Gasteiger partial charge in [-0.05, 0) is 18.2 Å². The second-order valence-electron chi connectivity index (χ2n) is 3.45. The topological polar surface area (TPSA) is 68.0 Å². The molecule has 3 aromatic rings. The van der Waals surface area contributed by atoms with E-state index < -0.39 is 6.09 Å². The van der Waals surface area contributed by atoms with E-state index in [0.29, 0.717) is 5.52 Å². The van der Waals surface area contributed by atoms with Gasteiger partial charge in [-0.25, -0.2) is 9.78 Å². The van der Waals surface area contributed by atoms with Crippen molar-refractivity contribution in [1.29, 1.82) is 0 Å². The van der Waals surface area contributed by atoms with Gasteiger partial charge in [0.25, 0.3) is 0 Å². The first-order valence-corrected chi connectivity index (χ1v) is 4.71. The summed E-state index contributed by atoms with van der Waals surface area (Å²) in [5.41, 5.74) is 2.24. The van der Waals surface area contributed by atoms with Crippen molar-refractivity contribution in [3.05, 3.63) is 36.8 Å². The lowest BCUT2D eigenvalue weighted by atomic mass is 10.2. The van der Waals surface area contributed by atoms with Crippen LogP contribution in [-0.4, -0.2) is 25.7 Å². The van der Waals surface area contributed by atoms with E-state index in [1.54, 1.807) is 18.3 Å². The van der Waals surface area contributed by atoms with Crippen LogP contribution < -0.4 is 0 Å². The predicted octanol–water partition coefficient (Wildman–Crippen LogP) is 2.11. The quantitative estimate of drug-likeness (QED) is 0.621. The lowest BCUT2D eigenvalue weighted by Gasteiger charge is -2.02. The zero-order chi connectivity index (χ0) is 11.1. The Bertz CT molecular complexity index is 703. The molecule has 5 nitrogen and oxygen atoms in total. The van der Waals surface area contributed by atoms with E-state index in [-0.39, 0.29) is 0 Å². The summed E-state index contributed by atoms with van der Waals surface area (Å²) >= 11 is 0. The number of pyridine rings is 2. The first-order chi connectivity index (χ1) is 7.74. The van der Waals surface area contributed by atoms with Crippen molar-refractivity contribution in [2.75, 3.05) is 0 Å². The summed E-state index contributed by atoms with van der Waals surface area (Å²) in [4.78, 5) is 19.3. The van der Waals surface area contributed by atoms with Crippen molar-refractivity contribution in [3.63, 3.8) is 0 Å². The number of rotatable bonds is 0. The summed E-state index contributed by atoms with van der Waals surface area (Å²) in [6.07, 6.45) is 3.64. The molecular formula is C11H7N3O2. The lowest BCUT2D eigenvalue weighted by Crippen LogP contribution is -2.07. The van der Waals surface area contributed by atoms with Crippen molar-refractivity contribution >= 4 is 28.0 Å². The number of carboxylic acid groups (broad SMARTS) is 1. The highest BCUT2D eigenvalue weighted by molar-refractivity contribution is 5.91. The van der Waals surface area contributed by atoms with E-state index in [9.17, 15) is 4.79 Å². The van der Waals surface area contributed by atoms with E-state index in [0.717, 1.165) is 21.0 Å². The van der Waals surface area contributed by atoms with Crippen LogP contribution >= 0.6 is 0 Å². The Kier molecular flexibility index (Phi) is 1.67. The van der Waals surface area contributed by atoms with Crippen molar-refractivity contribution in [3.8, 4) is 0 Å². The molecule has 0 aromatic carbocycles. The standard InChI is InChI=1S/C11H7N3O2/c15-11(16)14-4-2-7-5-9-8(1-3-12-9)13-10(7)6-14/h1-6H,(H,15,16). The molecule has 78 valence electrons. The minimum atomic E-state index is -1.02. The van der Waals surface area contributed by atoms with Gasteiger partial charge in [-0.3, -0.25) is 9.55 Å². The summed E-state index contributed by atoms with van der Waals surface area (Å²) in [5.74, 6) is 0. The molecule has 0 saturated carbocycles. The average Bonchev–Trinajstić information content (AvgIpc) is 2.71. The number of fused-ring (bicyclic) bond motifs is 2. The Labute approximate surface area is 90.0 Å². The van der Waals surface area contributed by atoms with Crippen molar-refractivity contribution in [2.45, 2.75) is 0 Å². The summed E-state index contributed by atoms with van der Waals surface area (Å²) in [6, 6.07) is 5.40. The molecule has 0 spiro atoms. The first kappa shape index (κ1) is 8.84. The minimum absolute atomic E-state index is 0.644. The fourth-order valence-corrected chi connectivity index (χ4v) is 1.65. The number of nitrogens with zero attached hydrogens (tertiary/aromatic N) is 3. The molecule has 1 N–H and O–H groups in total.